The number of methoxy groups -OCH3 is 1. The number of amides is 2. The molecule has 0 saturated heterocycles. The fourth-order valence-electron chi connectivity index (χ4n) is 2.97. The molecule has 7 nitrogen and oxygen atoms in total. The Bertz CT molecular complexity index is 857. The Labute approximate surface area is 177 Å². The summed E-state index contributed by atoms with van der Waals surface area (Å²) in [6.45, 7) is 5.25. The van der Waals surface area contributed by atoms with Gasteiger partial charge in [0.2, 0.25) is 11.8 Å². The van der Waals surface area contributed by atoms with Gasteiger partial charge < -0.3 is 25.4 Å². The highest BCUT2D eigenvalue weighted by Gasteiger charge is 2.30. The lowest BCUT2D eigenvalue weighted by molar-refractivity contribution is -0.135. The monoisotopic (exact) mass is 412 g/mol. The smallest absolute Gasteiger partial charge is 0.475 e. The molecule has 0 fully saturated rings. The summed E-state index contributed by atoms with van der Waals surface area (Å²) < 4.78 is 5.19. The molecule has 2 aromatic carbocycles. The summed E-state index contributed by atoms with van der Waals surface area (Å²) in [7, 11) is -0.182. The fourth-order valence-corrected chi connectivity index (χ4v) is 2.97. The fraction of sp³-hybridized carbons (Fsp3) is 0.364. The van der Waals surface area contributed by atoms with Crippen molar-refractivity contribution in [1.29, 1.82) is 0 Å². The van der Waals surface area contributed by atoms with Crippen LogP contribution in [0.25, 0.3) is 0 Å². The average molecular weight is 412 g/mol. The van der Waals surface area contributed by atoms with Gasteiger partial charge in [-0.15, -0.1) is 0 Å². The van der Waals surface area contributed by atoms with Crippen LogP contribution >= 0.6 is 0 Å². The predicted octanol–water partition coefficient (Wildman–Crippen LogP) is 1.56. The molecule has 0 aliphatic carbocycles. The molecule has 30 heavy (non-hydrogen) atoms. The first-order chi connectivity index (χ1) is 14.2. The van der Waals surface area contributed by atoms with E-state index in [1.807, 2.05) is 62.4 Å². The van der Waals surface area contributed by atoms with Crippen LogP contribution in [0.2, 0.25) is 0 Å². The van der Waals surface area contributed by atoms with Gasteiger partial charge in [0.05, 0.1) is 19.1 Å². The van der Waals surface area contributed by atoms with E-state index in [-0.39, 0.29) is 12.5 Å². The molecule has 0 bridgehead atoms. The lowest BCUT2D eigenvalue weighted by atomic mass is 9.75. The predicted molar refractivity (Wildman–Crippen MR) is 116 cm³/mol. The number of nitrogens with one attached hydrogen (secondary N) is 2. The van der Waals surface area contributed by atoms with Crippen LogP contribution in [0.4, 0.5) is 0 Å². The molecular weight excluding hydrogens is 383 g/mol. The van der Waals surface area contributed by atoms with Crippen molar-refractivity contribution in [2.75, 3.05) is 7.11 Å². The molecule has 0 aromatic heterocycles. The van der Waals surface area contributed by atoms with Gasteiger partial charge in [0, 0.05) is 0 Å². The van der Waals surface area contributed by atoms with Crippen molar-refractivity contribution < 1.29 is 24.4 Å². The van der Waals surface area contributed by atoms with E-state index >= 15 is 0 Å². The summed E-state index contributed by atoms with van der Waals surface area (Å²) in [5.74, 6) is -2.28. The second-order valence-electron chi connectivity index (χ2n) is 7.45. The molecule has 0 spiro atoms. The second kappa shape index (κ2) is 10.8. The maximum Gasteiger partial charge on any atom is 0.475 e. The van der Waals surface area contributed by atoms with Crippen LogP contribution in [0, 0.1) is 12.8 Å². The molecule has 2 aromatic rings. The molecule has 0 saturated carbocycles. The van der Waals surface area contributed by atoms with Crippen molar-refractivity contribution in [1.82, 2.24) is 10.6 Å². The number of hydrogen-bond acceptors (Lipinski definition) is 5. The first-order valence-electron chi connectivity index (χ1n) is 9.87. The van der Waals surface area contributed by atoms with Crippen LogP contribution in [-0.4, -0.2) is 42.0 Å². The molecule has 3 atom stereocenters. The van der Waals surface area contributed by atoms with Crippen LogP contribution in [0.3, 0.4) is 0 Å². The number of carbonyl (C=O) groups is 2. The van der Waals surface area contributed by atoms with Crippen LogP contribution < -0.4 is 15.4 Å². The number of ether oxygens (including phenoxy) is 1. The molecule has 0 heterocycles. The first-order valence-corrected chi connectivity index (χ1v) is 9.87. The largest absolute Gasteiger partial charge is 0.497 e. The maximum atomic E-state index is 12.5. The summed E-state index contributed by atoms with van der Waals surface area (Å²) in [6, 6.07) is 14.5. The third kappa shape index (κ3) is 6.61. The topological polar surface area (TPSA) is 108 Å². The van der Waals surface area contributed by atoms with E-state index in [1.165, 1.54) is 6.92 Å². The third-order valence-corrected chi connectivity index (χ3v) is 5.00. The van der Waals surface area contributed by atoms with Crippen molar-refractivity contribution in [3.8, 4) is 5.75 Å². The van der Waals surface area contributed by atoms with Crippen molar-refractivity contribution in [3.63, 3.8) is 0 Å². The average Bonchev–Trinajstić information content (AvgIpc) is 2.73. The highest BCUT2D eigenvalue weighted by molar-refractivity contribution is 6.43. The molecule has 160 valence electrons. The highest BCUT2D eigenvalue weighted by atomic mass is 16.5. The van der Waals surface area contributed by atoms with Crippen LogP contribution in [-0.2, 0) is 16.0 Å². The Morgan fingerprint density at radius 3 is 2.27 bits per heavy atom. The normalized spacial score (nSPS) is 13.7. The quantitative estimate of drug-likeness (QED) is 0.369. The van der Waals surface area contributed by atoms with Gasteiger partial charge in [-0.05, 0) is 50.5 Å². The van der Waals surface area contributed by atoms with Gasteiger partial charge in [-0.2, -0.15) is 0 Å². The van der Waals surface area contributed by atoms with Gasteiger partial charge in [-0.25, -0.2) is 0 Å². The third-order valence-electron chi connectivity index (χ3n) is 5.00. The minimum Gasteiger partial charge on any atom is -0.497 e. The molecule has 2 unspecified atom stereocenters. The lowest BCUT2D eigenvalue weighted by Gasteiger charge is -2.22. The van der Waals surface area contributed by atoms with Crippen molar-refractivity contribution in [2.45, 2.75) is 39.2 Å². The maximum absolute atomic E-state index is 12.5. The molecule has 8 heteroatoms. The van der Waals surface area contributed by atoms with Gasteiger partial charge >= 0.3 is 7.12 Å². The Morgan fingerprint density at radius 1 is 1.03 bits per heavy atom. The number of benzene rings is 2. The van der Waals surface area contributed by atoms with E-state index in [2.05, 4.69) is 10.6 Å². The van der Waals surface area contributed by atoms with Crippen LogP contribution in [0.1, 0.15) is 36.6 Å². The van der Waals surface area contributed by atoms with Crippen LogP contribution in [0.15, 0.2) is 48.5 Å². The number of rotatable bonds is 9. The standard InChI is InChI=1S/C22H29BN2O5/c1-14-8-10-17(11-9-14)12-20(23(28)29)25-22(27)15(2)21(26)24-16(3)18-6-5-7-19(13-18)30-4/h5-11,13,15-16,20,28-29H,12H2,1-4H3,(H,24,26)(H,25,27)/t15?,16?,20-/m0/s1. The Kier molecular flexibility index (Phi) is 8.44. The van der Waals surface area contributed by atoms with E-state index in [0.29, 0.717) is 5.75 Å². The number of carbonyl (C=O) groups excluding carboxylic acids is 2. The minimum atomic E-state index is -1.75. The Morgan fingerprint density at radius 2 is 1.67 bits per heavy atom. The summed E-state index contributed by atoms with van der Waals surface area (Å²) in [5.41, 5.74) is 2.78. The molecule has 0 radical (unpaired) electrons. The zero-order valence-corrected chi connectivity index (χ0v) is 17.8. The molecule has 2 rings (SSSR count). The van der Waals surface area contributed by atoms with Gasteiger partial charge in [0.1, 0.15) is 11.7 Å². The number of hydrogen-bond donors (Lipinski definition) is 4. The zero-order valence-electron chi connectivity index (χ0n) is 17.8. The lowest BCUT2D eigenvalue weighted by Crippen LogP contribution is -2.51. The Balaban J connectivity index is 1.97. The summed E-state index contributed by atoms with van der Waals surface area (Å²) >= 11 is 0. The van der Waals surface area contributed by atoms with Gasteiger partial charge in [-0.3, -0.25) is 9.59 Å². The van der Waals surface area contributed by atoms with Gasteiger partial charge in [0.25, 0.3) is 0 Å². The summed E-state index contributed by atoms with van der Waals surface area (Å²) in [5, 5.41) is 24.7. The summed E-state index contributed by atoms with van der Waals surface area (Å²) in [4.78, 5) is 25.1. The zero-order chi connectivity index (χ0) is 22.3. The van der Waals surface area contributed by atoms with E-state index in [1.54, 1.807) is 7.11 Å². The van der Waals surface area contributed by atoms with Crippen LogP contribution in [0.5, 0.6) is 5.75 Å². The van der Waals surface area contributed by atoms with E-state index < -0.39 is 30.8 Å². The van der Waals surface area contributed by atoms with Gasteiger partial charge in [-0.1, -0.05) is 42.0 Å². The Hall–Kier alpha value is -2.84. The minimum absolute atomic E-state index is 0.234. The molecular formula is C22H29BN2O5. The molecule has 0 aliphatic heterocycles. The molecule has 2 amide bonds. The van der Waals surface area contributed by atoms with Gasteiger partial charge in [0.15, 0.2) is 0 Å². The van der Waals surface area contributed by atoms with E-state index in [0.717, 1.165) is 16.7 Å². The summed E-state index contributed by atoms with van der Waals surface area (Å²) in [6.07, 6.45) is 0.234. The van der Waals surface area contributed by atoms with Crippen molar-refractivity contribution in [2.24, 2.45) is 5.92 Å². The van der Waals surface area contributed by atoms with Crippen molar-refractivity contribution in [3.05, 3.63) is 65.2 Å². The van der Waals surface area contributed by atoms with Crippen molar-refractivity contribution >= 4 is 18.9 Å². The highest BCUT2D eigenvalue weighted by Crippen LogP contribution is 2.19. The molecule has 4 N–H and O–H groups in total. The van der Waals surface area contributed by atoms with E-state index in [9.17, 15) is 19.6 Å². The van der Waals surface area contributed by atoms with E-state index in [4.69, 9.17) is 4.74 Å². The first kappa shape index (κ1) is 23.4. The second-order valence-corrected chi connectivity index (χ2v) is 7.45. The SMILES string of the molecule is COc1cccc(C(C)NC(=O)C(C)C(=O)N[C@@H](Cc2ccc(C)cc2)B(O)O)c1. The number of aryl methyl sites for hydroxylation is 1. The molecule has 0 aliphatic rings.